The van der Waals surface area contributed by atoms with Gasteiger partial charge in [-0.1, -0.05) is 30.3 Å². The minimum absolute atomic E-state index is 0.199. The van der Waals surface area contributed by atoms with Gasteiger partial charge in [0, 0.05) is 7.11 Å². The van der Waals surface area contributed by atoms with Gasteiger partial charge in [-0.2, -0.15) is 0 Å². The van der Waals surface area contributed by atoms with Crippen LogP contribution >= 0.6 is 0 Å². The van der Waals surface area contributed by atoms with Gasteiger partial charge in [0.25, 0.3) is 0 Å². The summed E-state index contributed by atoms with van der Waals surface area (Å²) in [5, 5.41) is 0. The van der Waals surface area contributed by atoms with Gasteiger partial charge in [-0.25, -0.2) is 0 Å². The van der Waals surface area contributed by atoms with Gasteiger partial charge in [-0.3, -0.25) is 0 Å². The number of methoxy groups -OCH3 is 1. The molecule has 0 bridgehead atoms. The van der Waals surface area contributed by atoms with E-state index < -0.39 is 0 Å². The van der Waals surface area contributed by atoms with Crippen LogP contribution in [0, 0.1) is 0 Å². The third-order valence-corrected chi connectivity index (χ3v) is 1.85. The average molecular weight is 192 g/mol. The number of rotatable bonds is 4. The van der Waals surface area contributed by atoms with E-state index in [2.05, 4.69) is 0 Å². The van der Waals surface area contributed by atoms with Crippen molar-refractivity contribution in [2.24, 2.45) is 0 Å². The molecule has 0 aliphatic rings. The fraction of sp³-hybridized carbons (Fsp3) is 0.333. The molecule has 0 radical (unpaired) electrons. The highest BCUT2D eigenvalue weighted by Crippen LogP contribution is 2.09. The van der Waals surface area contributed by atoms with Gasteiger partial charge in [0.1, 0.15) is 0 Å². The molecule has 0 N–H and O–H groups in total. The van der Waals surface area contributed by atoms with E-state index in [9.17, 15) is 0 Å². The van der Waals surface area contributed by atoms with E-state index in [0.717, 1.165) is 11.3 Å². The standard InChI is InChI=1S/C12H16O2/c1-10(14-11(2)13-3)9-12-7-5-4-6-8-12/h4-9,11H,1-3H3. The molecule has 1 aromatic carbocycles. The highest BCUT2D eigenvalue weighted by molar-refractivity contribution is 5.50. The van der Waals surface area contributed by atoms with Gasteiger partial charge in [0.2, 0.25) is 0 Å². The van der Waals surface area contributed by atoms with E-state index in [1.807, 2.05) is 50.3 Å². The Hall–Kier alpha value is -1.28. The van der Waals surface area contributed by atoms with Crippen molar-refractivity contribution in [3.8, 4) is 0 Å². The van der Waals surface area contributed by atoms with Crippen LogP contribution in [0.2, 0.25) is 0 Å². The Balaban J connectivity index is 2.60. The first-order chi connectivity index (χ1) is 6.72. The first-order valence-corrected chi connectivity index (χ1v) is 4.65. The Morgan fingerprint density at radius 2 is 1.93 bits per heavy atom. The van der Waals surface area contributed by atoms with Crippen LogP contribution in [0.1, 0.15) is 19.4 Å². The van der Waals surface area contributed by atoms with Gasteiger partial charge < -0.3 is 9.47 Å². The molecule has 0 aliphatic heterocycles. The summed E-state index contributed by atoms with van der Waals surface area (Å²) < 4.78 is 10.4. The molecule has 0 spiro atoms. The molecule has 1 unspecified atom stereocenters. The van der Waals surface area contributed by atoms with Gasteiger partial charge >= 0.3 is 0 Å². The molecule has 0 saturated heterocycles. The quantitative estimate of drug-likeness (QED) is 0.539. The molecule has 0 saturated carbocycles. The van der Waals surface area contributed by atoms with Gasteiger partial charge in [0.05, 0.1) is 5.76 Å². The second-order valence-electron chi connectivity index (χ2n) is 3.09. The summed E-state index contributed by atoms with van der Waals surface area (Å²) in [4.78, 5) is 0. The van der Waals surface area contributed by atoms with E-state index in [-0.39, 0.29) is 6.29 Å². The summed E-state index contributed by atoms with van der Waals surface area (Å²) in [7, 11) is 1.63. The fourth-order valence-corrected chi connectivity index (χ4v) is 1.13. The predicted octanol–water partition coefficient (Wildman–Crippen LogP) is 3.06. The molecule has 0 heterocycles. The number of allylic oxidation sites excluding steroid dienone is 1. The largest absolute Gasteiger partial charge is 0.470 e. The number of ether oxygens (including phenoxy) is 2. The molecule has 1 rings (SSSR count). The van der Waals surface area contributed by atoms with Gasteiger partial charge in [0.15, 0.2) is 6.29 Å². The summed E-state index contributed by atoms with van der Waals surface area (Å²) in [6.45, 7) is 3.78. The SMILES string of the molecule is COC(C)OC(C)=Cc1ccccc1. The highest BCUT2D eigenvalue weighted by atomic mass is 16.7. The Kier molecular flexibility index (Phi) is 4.20. The molecule has 1 aromatic rings. The Labute approximate surface area is 85.2 Å². The molecule has 76 valence electrons. The van der Waals surface area contributed by atoms with Crippen molar-refractivity contribution >= 4 is 6.08 Å². The molecule has 0 amide bonds. The van der Waals surface area contributed by atoms with Crippen molar-refractivity contribution in [3.63, 3.8) is 0 Å². The summed E-state index contributed by atoms with van der Waals surface area (Å²) in [5.74, 6) is 0.852. The predicted molar refractivity (Wildman–Crippen MR) is 57.6 cm³/mol. The van der Waals surface area contributed by atoms with Crippen LogP contribution < -0.4 is 0 Å². The smallest absolute Gasteiger partial charge is 0.196 e. The van der Waals surface area contributed by atoms with Crippen LogP contribution in [0.5, 0.6) is 0 Å². The summed E-state index contributed by atoms with van der Waals surface area (Å²) in [5.41, 5.74) is 1.13. The van der Waals surface area contributed by atoms with Gasteiger partial charge in [-0.05, 0) is 25.5 Å². The van der Waals surface area contributed by atoms with Crippen molar-refractivity contribution in [2.45, 2.75) is 20.1 Å². The van der Waals surface area contributed by atoms with Crippen LogP contribution in [-0.4, -0.2) is 13.4 Å². The van der Waals surface area contributed by atoms with Crippen LogP contribution in [0.3, 0.4) is 0 Å². The first-order valence-electron chi connectivity index (χ1n) is 4.65. The third kappa shape index (κ3) is 3.62. The fourth-order valence-electron chi connectivity index (χ4n) is 1.13. The van der Waals surface area contributed by atoms with Crippen molar-refractivity contribution in [2.75, 3.05) is 7.11 Å². The summed E-state index contributed by atoms with van der Waals surface area (Å²) >= 11 is 0. The lowest BCUT2D eigenvalue weighted by molar-refractivity contribution is -0.0783. The molecule has 14 heavy (non-hydrogen) atoms. The molecule has 2 heteroatoms. The Morgan fingerprint density at radius 3 is 2.50 bits per heavy atom. The van der Waals surface area contributed by atoms with E-state index in [0.29, 0.717) is 0 Å². The summed E-state index contributed by atoms with van der Waals surface area (Å²) in [6, 6.07) is 10.1. The van der Waals surface area contributed by atoms with Crippen LogP contribution in [0.25, 0.3) is 6.08 Å². The summed E-state index contributed by atoms with van der Waals surface area (Å²) in [6.07, 6.45) is 1.78. The lowest BCUT2D eigenvalue weighted by Crippen LogP contribution is -2.08. The zero-order chi connectivity index (χ0) is 10.4. The van der Waals surface area contributed by atoms with Gasteiger partial charge in [-0.15, -0.1) is 0 Å². The van der Waals surface area contributed by atoms with Crippen molar-refractivity contribution < 1.29 is 9.47 Å². The minimum Gasteiger partial charge on any atom is -0.470 e. The maximum Gasteiger partial charge on any atom is 0.196 e. The van der Waals surface area contributed by atoms with E-state index in [1.165, 1.54) is 0 Å². The van der Waals surface area contributed by atoms with E-state index in [4.69, 9.17) is 9.47 Å². The highest BCUT2D eigenvalue weighted by Gasteiger charge is 1.99. The maximum absolute atomic E-state index is 5.44. The Morgan fingerprint density at radius 1 is 1.29 bits per heavy atom. The second-order valence-corrected chi connectivity index (χ2v) is 3.09. The van der Waals surface area contributed by atoms with E-state index >= 15 is 0 Å². The number of hydrogen-bond donors (Lipinski definition) is 0. The minimum atomic E-state index is -0.199. The Bertz CT molecular complexity index is 290. The normalized spacial score (nSPS) is 13.8. The number of benzene rings is 1. The van der Waals surface area contributed by atoms with Crippen LogP contribution in [0.15, 0.2) is 36.1 Å². The average Bonchev–Trinajstić information content (AvgIpc) is 2.19. The van der Waals surface area contributed by atoms with Crippen molar-refractivity contribution in [1.29, 1.82) is 0 Å². The zero-order valence-corrected chi connectivity index (χ0v) is 8.86. The molecule has 0 aromatic heterocycles. The topological polar surface area (TPSA) is 18.5 Å². The third-order valence-electron chi connectivity index (χ3n) is 1.85. The molecular formula is C12H16O2. The second kappa shape index (κ2) is 5.45. The molecular weight excluding hydrogens is 176 g/mol. The maximum atomic E-state index is 5.44. The van der Waals surface area contributed by atoms with E-state index in [1.54, 1.807) is 7.11 Å². The first kappa shape index (κ1) is 10.8. The molecule has 0 fully saturated rings. The van der Waals surface area contributed by atoms with Crippen LogP contribution in [-0.2, 0) is 9.47 Å². The van der Waals surface area contributed by atoms with Crippen molar-refractivity contribution in [1.82, 2.24) is 0 Å². The monoisotopic (exact) mass is 192 g/mol. The molecule has 2 nitrogen and oxygen atoms in total. The molecule has 1 atom stereocenters. The number of hydrogen-bond acceptors (Lipinski definition) is 2. The van der Waals surface area contributed by atoms with Crippen LogP contribution in [0.4, 0.5) is 0 Å². The van der Waals surface area contributed by atoms with Crippen molar-refractivity contribution in [3.05, 3.63) is 41.7 Å². The lowest BCUT2D eigenvalue weighted by Gasteiger charge is -2.12. The molecule has 0 aliphatic carbocycles. The lowest BCUT2D eigenvalue weighted by atomic mass is 10.2. The zero-order valence-electron chi connectivity index (χ0n) is 8.86.